The first-order valence-electron chi connectivity index (χ1n) is 13.7. The summed E-state index contributed by atoms with van der Waals surface area (Å²) in [5, 5.41) is 9.71. The molecule has 200 valence electrons. The molecule has 38 heavy (non-hydrogen) atoms. The maximum Gasteiger partial charge on any atom is 0.306 e. The minimum absolute atomic E-state index is 0.0367. The van der Waals surface area contributed by atoms with Gasteiger partial charge in [-0.05, 0) is 96.6 Å². The molecular weight excluding hydrogens is 476 g/mol. The van der Waals surface area contributed by atoms with E-state index in [0.29, 0.717) is 11.8 Å². The van der Waals surface area contributed by atoms with Gasteiger partial charge in [-0.3, -0.25) is 4.79 Å². The number of fused-ring (bicyclic) bond motifs is 1. The van der Waals surface area contributed by atoms with E-state index in [0.717, 1.165) is 55.6 Å². The lowest BCUT2D eigenvalue weighted by Crippen LogP contribution is -2.21. The van der Waals surface area contributed by atoms with Crippen molar-refractivity contribution >= 4 is 5.97 Å². The van der Waals surface area contributed by atoms with E-state index in [1.807, 2.05) is 19.1 Å². The Morgan fingerprint density at radius 2 is 1.97 bits per heavy atom. The lowest BCUT2D eigenvalue weighted by Gasteiger charge is -2.29. The Balaban J connectivity index is 1.44. The highest BCUT2D eigenvalue weighted by atomic mass is 16.5. The number of benzene rings is 2. The molecule has 1 unspecified atom stereocenters. The molecule has 5 rings (SSSR count). The summed E-state index contributed by atoms with van der Waals surface area (Å²) in [7, 11) is 3.77. The van der Waals surface area contributed by atoms with E-state index in [1.54, 1.807) is 13.3 Å². The molecule has 6 heteroatoms. The maximum atomic E-state index is 11.8. The van der Waals surface area contributed by atoms with Gasteiger partial charge in [-0.1, -0.05) is 44.2 Å². The van der Waals surface area contributed by atoms with Gasteiger partial charge in [-0.15, -0.1) is 0 Å². The van der Waals surface area contributed by atoms with E-state index in [-0.39, 0.29) is 12.0 Å². The second-order valence-corrected chi connectivity index (χ2v) is 10.8. The third kappa shape index (κ3) is 5.56. The van der Waals surface area contributed by atoms with Gasteiger partial charge in [0.1, 0.15) is 11.9 Å². The Kier molecular flexibility index (Phi) is 7.70. The SMILES string of the molecule is CCN(C)Cc1cc(C2CCc3ccc([C@H](C4CC4)[C@H](C)C(=O)O)cc3O2)ccc1-c1ccnc(OC)c1. The van der Waals surface area contributed by atoms with E-state index in [1.165, 1.54) is 22.3 Å². The Morgan fingerprint density at radius 3 is 2.68 bits per heavy atom. The number of hydrogen-bond acceptors (Lipinski definition) is 5. The van der Waals surface area contributed by atoms with Gasteiger partial charge in [0.15, 0.2) is 0 Å². The number of methoxy groups -OCH3 is 1. The van der Waals surface area contributed by atoms with Crippen molar-refractivity contribution in [2.75, 3.05) is 20.7 Å². The normalized spacial score (nSPS) is 18.4. The maximum absolute atomic E-state index is 11.8. The summed E-state index contributed by atoms with van der Waals surface area (Å²) >= 11 is 0. The molecule has 1 aliphatic carbocycles. The third-order valence-electron chi connectivity index (χ3n) is 8.22. The summed E-state index contributed by atoms with van der Waals surface area (Å²) in [5.74, 6) is 0.862. The minimum atomic E-state index is -0.727. The summed E-state index contributed by atoms with van der Waals surface area (Å²) in [6.45, 7) is 5.78. The van der Waals surface area contributed by atoms with E-state index in [4.69, 9.17) is 9.47 Å². The number of carbonyl (C=O) groups is 1. The second-order valence-electron chi connectivity index (χ2n) is 10.8. The lowest BCUT2D eigenvalue weighted by atomic mass is 9.82. The summed E-state index contributed by atoms with van der Waals surface area (Å²) < 4.78 is 12.0. The van der Waals surface area contributed by atoms with Gasteiger partial charge in [0.05, 0.1) is 13.0 Å². The van der Waals surface area contributed by atoms with Crippen LogP contribution in [0.3, 0.4) is 0 Å². The van der Waals surface area contributed by atoms with Gasteiger partial charge >= 0.3 is 5.97 Å². The number of aliphatic carboxylic acids is 1. The first-order chi connectivity index (χ1) is 18.4. The van der Waals surface area contributed by atoms with Crippen LogP contribution < -0.4 is 9.47 Å². The average Bonchev–Trinajstić information content (AvgIpc) is 3.77. The second kappa shape index (κ2) is 11.2. The van der Waals surface area contributed by atoms with Crippen molar-refractivity contribution in [3.63, 3.8) is 0 Å². The van der Waals surface area contributed by atoms with E-state index in [2.05, 4.69) is 60.3 Å². The molecule has 1 aromatic heterocycles. The fraction of sp³-hybridized carbons (Fsp3) is 0.438. The Bertz CT molecular complexity index is 1300. The molecule has 2 aromatic carbocycles. The summed E-state index contributed by atoms with van der Waals surface area (Å²) in [4.78, 5) is 18.4. The summed E-state index contributed by atoms with van der Waals surface area (Å²) in [6, 6.07) is 17.0. The van der Waals surface area contributed by atoms with Gasteiger partial charge in [-0.2, -0.15) is 0 Å². The fourth-order valence-corrected chi connectivity index (χ4v) is 5.72. The Morgan fingerprint density at radius 1 is 1.16 bits per heavy atom. The molecule has 0 amide bonds. The topological polar surface area (TPSA) is 71.9 Å². The van der Waals surface area contributed by atoms with Crippen LogP contribution in [-0.4, -0.2) is 41.7 Å². The van der Waals surface area contributed by atoms with E-state index < -0.39 is 11.9 Å². The number of carboxylic acids is 1. The van der Waals surface area contributed by atoms with Gasteiger partial charge < -0.3 is 19.5 Å². The molecule has 1 aliphatic heterocycles. The molecule has 0 radical (unpaired) electrons. The lowest BCUT2D eigenvalue weighted by molar-refractivity contribution is -0.142. The number of aryl methyl sites for hydroxylation is 1. The van der Waals surface area contributed by atoms with Crippen LogP contribution in [0.4, 0.5) is 0 Å². The molecule has 1 saturated carbocycles. The van der Waals surface area contributed by atoms with Crippen LogP contribution in [0.2, 0.25) is 0 Å². The molecule has 3 atom stereocenters. The van der Waals surface area contributed by atoms with Crippen molar-refractivity contribution in [1.82, 2.24) is 9.88 Å². The number of aromatic nitrogens is 1. The number of rotatable bonds is 10. The summed E-state index contributed by atoms with van der Waals surface area (Å²) in [5.41, 5.74) is 6.96. The zero-order chi connectivity index (χ0) is 26.8. The zero-order valence-corrected chi connectivity index (χ0v) is 22.8. The van der Waals surface area contributed by atoms with Gasteiger partial charge in [0.25, 0.3) is 0 Å². The van der Waals surface area contributed by atoms with Gasteiger partial charge in [0, 0.05) is 18.8 Å². The number of carboxylic acid groups (broad SMARTS) is 1. The largest absolute Gasteiger partial charge is 0.485 e. The monoisotopic (exact) mass is 514 g/mol. The molecule has 0 bridgehead atoms. The van der Waals surface area contributed by atoms with Gasteiger partial charge in [0.2, 0.25) is 5.88 Å². The van der Waals surface area contributed by atoms with Crippen molar-refractivity contribution < 1.29 is 19.4 Å². The van der Waals surface area contributed by atoms with Crippen LogP contribution in [0.1, 0.15) is 67.4 Å². The van der Waals surface area contributed by atoms with Crippen molar-refractivity contribution in [3.8, 4) is 22.8 Å². The molecule has 0 saturated heterocycles. The smallest absolute Gasteiger partial charge is 0.306 e. The fourth-order valence-electron chi connectivity index (χ4n) is 5.72. The highest BCUT2D eigenvalue weighted by Gasteiger charge is 2.39. The quantitative estimate of drug-likeness (QED) is 0.333. The average molecular weight is 515 g/mol. The van der Waals surface area contributed by atoms with Crippen molar-refractivity contribution in [2.24, 2.45) is 11.8 Å². The predicted molar refractivity (Wildman–Crippen MR) is 149 cm³/mol. The van der Waals surface area contributed by atoms with E-state index >= 15 is 0 Å². The highest BCUT2D eigenvalue weighted by molar-refractivity contribution is 5.71. The Labute approximate surface area is 225 Å². The van der Waals surface area contributed by atoms with Crippen molar-refractivity contribution in [2.45, 2.75) is 58.1 Å². The predicted octanol–water partition coefficient (Wildman–Crippen LogP) is 6.49. The van der Waals surface area contributed by atoms with Crippen LogP contribution in [0.5, 0.6) is 11.6 Å². The van der Waals surface area contributed by atoms with Crippen LogP contribution in [0.25, 0.3) is 11.1 Å². The molecule has 3 aromatic rings. The number of hydrogen-bond donors (Lipinski definition) is 1. The van der Waals surface area contributed by atoms with Gasteiger partial charge in [-0.25, -0.2) is 4.98 Å². The van der Waals surface area contributed by atoms with Crippen molar-refractivity contribution in [1.29, 1.82) is 0 Å². The van der Waals surface area contributed by atoms with Crippen LogP contribution in [0.15, 0.2) is 54.7 Å². The van der Waals surface area contributed by atoms with Crippen LogP contribution >= 0.6 is 0 Å². The highest BCUT2D eigenvalue weighted by Crippen LogP contribution is 2.48. The van der Waals surface area contributed by atoms with Crippen molar-refractivity contribution in [3.05, 3.63) is 77.0 Å². The van der Waals surface area contributed by atoms with E-state index in [9.17, 15) is 9.90 Å². The number of nitrogens with zero attached hydrogens (tertiary/aromatic N) is 2. The molecule has 2 aliphatic rings. The molecule has 0 spiro atoms. The third-order valence-corrected chi connectivity index (χ3v) is 8.22. The first kappa shape index (κ1) is 26.2. The number of ether oxygens (including phenoxy) is 2. The number of pyridine rings is 1. The summed E-state index contributed by atoms with van der Waals surface area (Å²) in [6.07, 6.45) is 5.81. The minimum Gasteiger partial charge on any atom is -0.485 e. The molecule has 1 fully saturated rings. The van der Waals surface area contributed by atoms with Crippen LogP contribution in [-0.2, 0) is 17.8 Å². The first-order valence-corrected chi connectivity index (χ1v) is 13.7. The van der Waals surface area contributed by atoms with Crippen LogP contribution in [0, 0.1) is 11.8 Å². The molecule has 6 nitrogen and oxygen atoms in total. The standard InChI is InChI=1S/C32H38N2O4/c1-5-34(3)19-26-16-24(10-12-27(26)23-14-15-33-30(18-23)37-4)28-13-11-21-6-9-25(17-29(21)38-28)31(22-7-8-22)20(2)32(35)36/h6,9-10,12,14-18,20,22,28,31H,5,7-8,11,13,19H2,1-4H3,(H,35,36)/t20-,28?,31-/m0/s1. The Hall–Kier alpha value is -3.38. The zero-order valence-electron chi connectivity index (χ0n) is 22.8. The molecular formula is C32H38N2O4. The molecule has 1 N–H and O–H groups in total. The molecule has 2 heterocycles.